The normalized spacial score (nSPS) is 16.9. The molecule has 2 aromatic heterocycles. The number of nitrogens with one attached hydrogen (secondary N) is 1. The van der Waals surface area contributed by atoms with Crippen molar-refractivity contribution < 1.29 is 4.74 Å². The van der Waals surface area contributed by atoms with Crippen molar-refractivity contribution in [3.63, 3.8) is 0 Å². The second kappa shape index (κ2) is 5.72. The molecular weight excluding hydrogens is 258 g/mol. The van der Waals surface area contributed by atoms with Crippen molar-refractivity contribution in [1.82, 2.24) is 24.6 Å². The zero-order valence-corrected chi connectivity index (χ0v) is 11.6. The van der Waals surface area contributed by atoms with Crippen molar-refractivity contribution in [2.24, 2.45) is 7.05 Å². The summed E-state index contributed by atoms with van der Waals surface area (Å²) in [5.41, 5.74) is 0.598. The number of nitrogens with zero attached hydrogens (tertiary/aromatic N) is 4. The van der Waals surface area contributed by atoms with Crippen LogP contribution in [-0.4, -0.2) is 45.1 Å². The molecule has 1 aliphatic heterocycles. The third-order valence-electron chi connectivity index (χ3n) is 3.73. The molecule has 3 heterocycles. The molecule has 0 bridgehead atoms. The third-order valence-corrected chi connectivity index (χ3v) is 3.73. The van der Waals surface area contributed by atoms with Gasteiger partial charge in [-0.05, 0) is 12.8 Å². The largest absolute Gasteiger partial charge is 0.381 e. The first-order valence-electron chi connectivity index (χ1n) is 6.94. The van der Waals surface area contributed by atoms with E-state index in [0.29, 0.717) is 23.6 Å². The highest BCUT2D eigenvalue weighted by molar-refractivity contribution is 5.72. The summed E-state index contributed by atoms with van der Waals surface area (Å²) in [7, 11) is 1.78. The van der Waals surface area contributed by atoms with Gasteiger partial charge in [-0.3, -0.25) is 14.0 Å². The molecule has 1 aliphatic rings. The van der Waals surface area contributed by atoms with Crippen LogP contribution in [0.5, 0.6) is 0 Å². The van der Waals surface area contributed by atoms with Gasteiger partial charge in [0.1, 0.15) is 11.7 Å². The molecule has 2 aromatic rings. The van der Waals surface area contributed by atoms with E-state index >= 15 is 0 Å². The van der Waals surface area contributed by atoms with Gasteiger partial charge in [-0.15, -0.1) is 0 Å². The fourth-order valence-electron chi connectivity index (χ4n) is 2.52. The smallest absolute Gasteiger partial charge is 0.264 e. The van der Waals surface area contributed by atoms with Gasteiger partial charge in [0.2, 0.25) is 0 Å². The minimum Gasteiger partial charge on any atom is -0.381 e. The maximum absolute atomic E-state index is 12.2. The minimum absolute atomic E-state index is 0.0307. The molecule has 1 N–H and O–H groups in total. The first-order chi connectivity index (χ1) is 9.75. The molecule has 0 atom stereocenters. The van der Waals surface area contributed by atoms with E-state index in [4.69, 9.17) is 4.74 Å². The predicted molar refractivity (Wildman–Crippen MR) is 74.6 cm³/mol. The highest BCUT2D eigenvalue weighted by Gasteiger charge is 2.13. The van der Waals surface area contributed by atoms with Crippen LogP contribution in [0.15, 0.2) is 17.3 Å². The molecule has 0 aliphatic carbocycles. The van der Waals surface area contributed by atoms with Gasteiger partial charge >= 0.3 is 0 Å². The lowest BCUT2D eigenvalue weighted by Gasteiger charge is -2.23. The molecule has 1 fully saturated rings. The highest BCUT2D eigenvalue weighted by Crippen LogP contribution is 2.06. The molecule has 0 spiro atoms. The van der Waals surface area contributed by atoms with Crippen LogP contribution in [-0.2, 0) is 18.3 Å². The average Bonchev–Trinajstić information content (AvgIpc) is 2.85. The summed E-state index contributed by atoms with van der Waals surface area (Å²) in [6.07, 6.45) is 5.24. The molecule has 7 heteroatoms. The predicted octanol–water partition coefficient (Wildman–Crippen LogP) is -0.101. The van der Waals surface area contributed by atoms with Crippen LogP contribution in [0.3, 0.4) is 0 Å². The molecule has 20 heavy (non-hydrogen) atoms. The molecule has 0 saturated carbocycles. The quantitative estimate of drug-likeness (QED) is 0.844. The summed E-state index contributed by atoms with van der Waals surface area (Å²) in [5.74, 6) is 0. The molecule has 1 saturated heterocycles. The minimum atomic E-state index is -0.0307. The van der Waals surface area contributed by atoms with E-state index in [9.17, 15) is 4.79 Å². The van der Waals surface area contributed by atoms with Gasteiger partial charge in [-0.2, -0.15) is 5.10 Å². The van der Waals surface area contributed by atoms with Crippen LogP contribution in [0.2, 0.25) is 0 Å². The van der Waals surface area contributed by atoms with E-state index in [-0.39, 0.29) is 5.56 Å². The van der Waals surface area contributed by atoms with Crippen LogP contribution in [0.4, 0.5) is 0 Å². The first kappa shape index (κ1) is 13.3. The van der Waals surface area contributed by atoms with Crippen molar-refractivity contribution >= 4 is 11.0 Å². The second-order valence-corrected chi connectivity index (χ2v) is 5.09. The third kappa shape index (κ3) is 2.59. The molecule has 0 unspecified atom stereocenters. The Kier molecular flexibility index (Phi) is 3.79. The Morgan fingerprint density at radius 3 is 3.05 bits per heavy atom. The van der Waals surface area contributed by atoms with E-state index in [0.717, 1.165) is 32.6 Å². The molecule has 0 radical (unpaired) electrons. The lowest BCUT2D eigenvalue weighted by molar-refractivity contribution is 0.0778. The zero-order valence-electron chi connectivity index (χ0n) is 11.6. The number of hydrogen-bond donors (Lipinski definition) is 1. The number of hydrogen-bond acceptors (Lipinski definition) is 5. The standard InChI is InChI=1S/C13H19N5O2/c1-17-12-11(8-16-17)13(19)18(9-15-12)5-4-14-10-2-6-20-7-3-10/h8-10,14H,2-7H2,1H3. The van der Waals surface area contributed by atoms with Crippen molar-refractivity contribution in [3.8, 4) is 0 Å². The van der Waals surface area contributed by atoms with E-state index in [2.05, 4.69) is 15.4 Å². The molecule has 108 valence electrons. The molecule has 7 nitrogen and oxygen atoms in total. The Balaban J connectivity index is 1.65. The van der Waals surface area contributed by atoms with Crippen LogP contribution >= 0.6 is 0 Å². The van der Waals surface area contributed by atoms with Gasteiger partial charge in [0.05, 0.1) is 6.20 Å². The van der Waals surface area contributed by atoms with Crippen molar-refractivity contribution in [2.75, 3.05) is 19.8 Å². The summed E-state index contributed by atoms with van der Waals surface area (Å²) in [4.78, 5) is 16.5. The fraction of sp³-hybridized carbons (Fsp3) is 0.615. The van der Waals surface area contributed by atoms with Crippen LogP contribution < -0.4 is 10.9 Å². The van der Waals surface area contributed by atoms with Gasteiger partial charge in [0, 0.05) is 39.4 Å². The molecular formula is C13H19N5O2. The molecule has 0 amide bonds. The average molecular weight is 277 g/mol. The Morgan fingerprint density at radius 1 is 1.45 bits per heavy atom. The number of rotatable bonds is 4. The SMILES string of the molecule is Cn1ncc2c(=O)n(CCNC3CCOCC3)cnc21. The number of aryl methyl sites for hydroxylation is 1. The lowest BCUT2D eigenvalue weighted by atomic mass is 10.1. The van der Waals surface area contributed by atoms with E-state index in [1.165, 1.54) is 0 Å². The van der Waals surface area contributed by atoms with Crippen molar-refractivity contribution in [2.45, 2.75) is 25.4 Å². The Hall–Kier alpha value is -1.73. The lowest BCUT2D eigenvalue weighted by Crippen LogP contribution is -2.37. The molecule has 0 aromatic carbocycles. The summed E-state index contributed by atoms with van der Waals surface area (Å²) < 4.78 is 8.57. The van der Waals surface area contributed by atoms with Gasteiger partial charge in [-0.25, -0.2) is 4.98 Å². The first-order valence-corrected chi connectivity index (χ1v) is 6.94. The Labute approximate surface area is 116 Å². The Bertz CT molecular complexity index is 642. The second-order valence-electron chi connectivity index (χ2n) is 5.09. The monoisotopic (exact) mass is 277 g/mol. The van der Waals surface area contributed by atoms with E-state index in [1.54, 1.807) is 28.8 Å². The summed E-state index contributed by atoms with van der Waals surface area (Å²) >= 11 is 0. The topological polar surface area (TPSA) is 74.0 Å². The van der Waals surface area contributed by atoms with Gasteiger partial charge in [0.25, 0.3) is 5.56 Å². The maximum atomic E-state index is 12.2. The van der Waals surface area contributed by atoms with Gasteiger partial charge in [0.15, 0.2) is 5.65 Å². The number of aromatic nitrogens is 4. The summed E-state index contributed by atoms with van der Waals surface area (Å²) in [5, 5.41) is 8.10. The molecule has 3 rings (SSSR count). The van der Waals surface area contributed by atoms with Gasteiger partial charge in [-0.1, -0.05) is 0 Å². The fourth-order valence-corrected chi connectivity index (χ4v) is 2.52. The van der Waals surface area contributed by atoms with E-state index in [1.807, 2.05) is 0 Å². The maximum Gasteiger partial charge on any atom is 0.264 e. The number of fused-ring (bicyclic) bond motifs is 1. The van der Waals surface area contributed by atoms with Crippen LogP contribution in [0.1, 0.15) is 12.8 Å². The van der Waals surface area contributed by atoms with Crippen LogP contribution in [0.25, 0.3) is 11.0 Å². The van der Waals surface area contributed by atoms with Crippen LogP contribution in [0, 0.1) is 0 Å². The van der Waals surface area contributed by atoms with E-state index < -0.39 is 0 Å². The van der Waals surface area contributed by atoms with Crippen molar-refractivity contribution in [1.29, 1.82) is 0 Å². The van der Waals surface area contributed by atoms with Gasteiger partial charge < -0.3 is 10.1 Å². The Morgan fingerprint density at radius 2 is 2.25 bits per heavy atom. The van der Waals surface area contributed by atoms with Crippen molar-refractivity contribution in [3.05, 3.63) is 22.9 Å². The summed E-state index contributed by atoms with van der Waals surface area (Å²) in [6.45, 7) is 3.02. The zero-order chi connectivity index (χ0) is 13.9. The highest BCUT2D eigenvalue weighted by atomic mass is 16.5. The summed E-state index contributed by atoms with van der Waals surface area (Å²) in [6, 6.07) is 0.495. The number of ether oxygens (including phenoxy) is 1.